The Labute approximate surface area is 165 Å². The summed E-state index contributed by atoms with van der Waals surface area (Å²) in [6.45, 7) is 0. The summed E-state index contributed by atoms with van der Waals surface area (Å²) in [7, 11) is 3.08. The van der Waals surface area contributed by atoms with E-state index in [-0.39, 0.29) is 0 Å². The molecule has 0 spiro atoms. The van der Waals surface area contributed by atoms with Crippen molar-refractivity contribution in [1.29, 1.82) is 0 Å². The van der Waals surface area contributed by atoms with E-state index in [1.165, 1.54) is 7.11 Å². The highest BCUT2D eigenvalue weighted by atomic mass is 35.5. The summed E-state index contributed by atoms with van der Waals surface area (Å²) in [6, 6.07) is 21.4. The van der Waals surface area contributed by atoms with Crippen molar-refractivity contribution >= 4 is 44.2 Å². The predicted molar refractivity (Wildman–Crippen MR) is 112 cm³/mol. The van der Waals surface area contributed by atoms with Crippen LogP contribution in [0.5, 0.6) is 5.75 Å². The molecule has 0 aliphatic rings. The lowest BCUT2D eigenvalue weighted by atomic mass is 9.93. The first kappa shape index (κ1) is 18.0. The summed E-state index contributed by atoms with van der Waals surface area (Å²) in [5.74, 6) is 0.704. The zero-order chi connectivity index (χ0) is 19.0. The van der Waals surface area contributed by atoms with Crippen molar-refractivity contribution in [2.24, 2.45) is 0 Å². The fourth-order valence-electron chi connectivity index (χ4n) is 3.45. The zero-order valence-electron chi connectivity index (χ0n) is 14.9. The Morgan fingerprint density at radius 1 is 0.815 bits per heavy atom. The SMILES string of the molecule is COc1ccc2cc(Cl)ccc2c1-c1c(S(=O)OC)ccc2ccccc12. The number of ether oxygens (including phenoxy) is 1. The summed E-state index contributed by atoms with van der Waals surface area (Å²) in [4.78, 5) is 0.608. The summed E-state index contributed by atoms with van der Waals surface area (Å²) in [5.41, 5.74) is 1.72. The number of hydrogen-bond donors (Lipinski definition) is 0. The first-order chi connectivity index (χ1) is 13.1. The largest absolute Gasteiger partial charge is 0.496 e. The van der Waals surface area contributed by atoms with E-state index in [1.54, 1.807) is 7.11 Å². The average molecular weight is 397 g/mol. The van der Waals surface area contributed by atoms with Crippen LogP contribution in [0.4, 0.5) is 0 Å². The molecule has 0 amide bonds. The zero-order valence-corrected chi connectivity index (χ0v) is 16.4. The van der Waals surface area contributed by atoms with Crippen LogP contribution in [0.1, 0.15) is 0 Å². The van der Waals surface area contributed by atoms with Gasteiger partial charge in [0.05, 0.1) is 19.1 Å². The highest BCUT2D eigenvalue weighted by molar-refractivity contribution is 7.80. The monoisotopic (exact) mass is 396 g/mol. The Morgan fingerprint density at radius 2 is 1.56 bits per heavy atom. The van der Waals surface area contributed by atoms with E-state index < -0.39 is 11.1 Å². The molecule has 5 heteroatoms. The van der Waals surface area contributed by atoms with E-state index in [2.05, 4.69) is 0 Å². The lowest BCUT2D eigenvalue weighted by molar-refractivity contribution is 0.417. The molecular formula is C22H17ClO3S. The number of benzene rings is 4. The van der Waals surface area contributed by atoms with Crippen LogP contribution < -0.4 is 4.74 Å². The second kappa shape index (κ2) is 7.31. The minimum absolute atomic E-state index is 0.608. The maximum Gasteiger partial charge on any atom is 0.189 e. The quantitative estimate of drug-likeness (QED) is 0.425. The number of halogens is 1. The fourth-order valence-corrected chi connectivity index (χ4v) is 4.36. The van der Waals surface area contributed by atoms with Crippen LogP contribution in [-0.2, 0) is 15.3 Å². The third-order valence-corrected chi connectivity index (χ3v) is 5.87. The molecule has 0 aliphatic carbocycles. The standard InChI is InChI=1S/C22H17ClO3S/c1-25-19-11-7-15-13-16(23)9-10-18(15)21(19)22-17-6-4-3-5-14(17)8-12-20(22)27(24)26-2/h3-13H,1-2H3. The Kier molecular flexibility index (Phi) is 4.87. The van der Waals surface area contributed by atoms with Crippen LogP contribution in [0.2, 0.25) is 5.02 Å². The lowest BCUT2D eigenvalue weighted by Crippen LogP contribution is -1.99. The fraction of sp³-hybridized carbons (Fsp3) is 0.0909. The van der Waals surface area contributed by atoms with Crippen LogP contribution in [-0.4, -0.2) is 18.4 Å². The molecule has 0 bridgehead atoms. The minimum Gasteiger partial charge on any atom is -0.496 e. The van der Waals surface area contributed by atoms with Crippen molar-refractivity contribution in [1.82, 2.24) is 0 Å². The molecular weight excluding hydrogens is 380 g/mol. The summed E-state index contributed by atoms with van der Waals surface area (Å²) in [5, 5.41) is 4.67. The van der Waals surface area contributed by atoms with Gasteiger partial charge >= 0.3 is 0 Å². The molecule has 4 rings (SSSR count). The van der Waals surface area contributed by atoms with E-state index in [1.807, 2.05) is 66.7 Å². The molecule has 0 radical (unpaired) electrons. The molecule has 0 saturated heterocycles. The summed E-state index contributed by atoms with van der Waals surface area (Å²) in [6.07, 6.45) is 0. The van der Waals surface area contributed by atoms with Crippen molar-refractivity contribution < 1.29 is 13.1 Å². The molecule has 27 heavy (non-hydrogen) atoms. The van der Waals surface area contributed by atoms with E-state index in [0.717, 1.165) is 32.7 Å². The van der Waals surface area contributed by atoms with Crippen LogP contribution in [0.15, 0.2) is 71.6 Å². The molecule has 0 aliphatic heterocycles. The number of rotatable bonds is 4. The van der Waals surface area contributed by atoms with Crippen LogP contribution in [0.25, 0.3) is 32.7 Å². The van der Waals surface area contributed by atoms with Crippen molar-refractivity contribution in [3.05, 3.63) is 71.8 Å². The minimum atomic E-state index is -1.60. The van der Waals surface area contributed by atoms with E-state index in [4.69, 9.17) is 20.5 Å². The van der Waals surface area contributed by atoms with Gasteiger partial charge in [-0.1, -0.05) is 54.1 Å². The molecule has 136 valence electrons. The van der Waals surface area contributed by atoms with Crippen LogP contribution in [0.3, 0.4) is 0 Å². The van der Waals surface area contributed by atoms with Crippen molar-refractivity contribution in [2.75, 3.05) is 14.2 Å². The van der Waals surface area contributed by atoms with Gasteiger partial charge < -0.3 is 4.74 Å². The summed E-state index contributed by atoms with van der Waals surface area (Å²) >= 11 is 4.59. The van der Waals surface area contributed by atoms with Crippen LogP contribution >= 0.6 is 11.6 Å². The Morgan fingerprint density at radius 3 is 2.33 bits per heavy atom. The third kappa shape index (κ3) is 3.10. The number of methoxy groups -OCH3 is 1. The van der Waals surface area contributed by atoms with E-state index >= 15 is 0 Å². The first-order valence-corrected chi connectivity index (χ1v) is 9.84. The van der Waals surface area contributed by atoms with Gasteiger partial charge in [0, 0.05) is 16.1 Å². The van der Waals surface area contributed by atoms with Crippen molar-refractivity contribution in [2.45, 2.75) is 4.90 Å². The van der Waals surface area contributed by atoms with Gasteiger partial charge in [0.25, 0.3) is 0 Å². The molecule has 0 saturated carbocycles. The van der Waals surface area contributed by atoms with Crippen molar-refractivity contribution in [3.63, 3.8) is 0 Å². The molecule has 0 aromatic heterocycles. The molecule has 1 unspecified atom stereocenters. The van der Waals surface area contributed by atoms with Gasteiger partial charge in [-0.2, -0.15) is 0 Å². The van der Waals surface area contributed by atoms with Gasteiger partial charge in [0.1, 0.15) is 5.75 Å². The smallest absolute Gasteiger partial charge is 0.189 e. The lowest BCUT2D eigenvalue weighted by Gasteiger charge is -2.17. The van der Waals surface area contributed by atoms with Gasteiger partial charge in [0.2, 0.25) is 0 Å². The maximum atomic E-state index is 12.7. The summed E-state index contributed by atoms with van der Waals surface area (Å²) < 4.78 is 23.5. The van der Waals surface area contributed by atoms with Gasteiger partial charge in [-0.15, -0.1) is 0 Å². The molecule has 0 heterocycles. The van der Waals surface area contributed by atoms with Gasteiger partial charge in [-0.25, -0.2) is 4.21 Å². The number of hydrogen-bond acceptors (Lipinski definition) is 3. The first-order valence-electron chi connectivity index (χ1n) is 8.38. The van der Waals surface area contributed by atoms with Crippen LogP contribution in [0, 0.1) is 0 Å². The van der Waals surface area contributed by atoms with Gasteiger partial charge in [-0.05, 0) is 45.8 Å². The van der Waals surface area contributed by atoms with Gasteiger partial charge in [-0.3, -0.25) is 4.18 Å². The Hall–Kier alpha value is -2.40. The predicted octanol–water partition coefficient (Wildman–Crippen LogP) is 5.99. The normalized spacial score (nSPS) is 12.4. The van der Waals surface area contributed by atoms with E-state index in [9.17, 15) is 4.21 Å². The molecule has 1 atom stereocenters. The van der Waals surface area contributed by atoms with Crippen molar-refractivity contribution in [3.8, 4) is 16.9 Å². The van der Waals surface area contributed by atoms with Gasteiger partial charge in [0.15, 0.2) is 11.1 Å². The topological polar surface area (TPSA) is 35.5 Å². The van der Waals surface area contributed by atoms with E-state index in [0.29, 0.717) is 15.7 Å². The molecule has 0 fully saturated rings. The number of fused-ring (bicyclic) bond motifs is 2. The Balaban J connectivity index is 2.21. The highest BCUT2D eigenvalue weighted by Crippen LogP contribution is 2.43. The molecule has 0 N–H and O–H groups in total. The second-order valence-electron chi connectivity index (χ2n) is 6.07. The third-order valence-electron chi connectivity index (χ3n) is 4.64. The average Bonchev–Trinajstić information content (AvgIpc) is 2.71. The molecule has 4 aromatic rings. The second-order valence-corrected chi connectivity index (χ2v) is 7.75. The maximum absolute atomic E-state index is 12.7. The Bertz CT molecular complexity index is 1190. The molecule has 3 nitrogen and oxygen atoms in total. The molecule has 4 aromatic carbocycles. The highest BCUT2D eigenvalue weighted by Gasteiger charge is 2.20.